The summed E-state index contributed by atoms with van der Waals surface area (Å²) >= 11 is 0. The Hall–Kier alpha value is -5.13. The number of aromatic nitrogens is 6. The number of H-pyrrole nitrogens is 2. The van der Waals surface area contributed by atoms with E-state index in [-0.39, 0.29) is 24.3 Å². The van der Waals surface area contributed by atoms with Crippen molar-refractivity contribution in [2.45, 2.75) is 90.5 Å². The fraction of sp³-hybridized carbons (Fsp3) is 0.432. The van der Waals surface area contributed by atoms with Crippen LogP contribution in [0.25, 0.3) is 39.2 Å². The number of fused-ring (bicyclic) bond motifs is 1. The number of amides is 2. The molecule has 2 aromatic carbocycles. The number of ether oxygens (including phenoxy) is 2. The molecule has 5 heterocycles. The number of aromatic amines is 2. The molecule has 0 radical (unpaired) electrons. The fourth-order valence-electron chi connectivity index (χ4n) is 6.74. The third-order valence-electron chi connectivity index (χ3n) is 8.91. The maximum Gasteiger partial charge on any atom is 0.410 e. The van der Waals surface area contributed by atoms with Crippen molar-refractivity contribution in [3.63, 3.8) is 0 Å². The van der Waals surface area contributed by atoms with Gasteiger partial charge in [0.05, 0.1) is 46.9 Å². The number of nitrogens with one attached hydrogen (secondary N) is 2. The van der Waals surface area contributed by atoms with Gasteiger partial charge >= 0.3 is 12.2 Å². The number of hydrogen-bond donors (Lipinski definition) is 2. The van der Waals surface area contributed by atoms with Crippen LogP contribution in [-0.4, -0.2) is 75.8 Å². The molecule has 256 valence electrons. The number of carbonyl (C=O) groups excluding carboxylic acids is 2. The number of benzene rings is 2. The van der Waals surface area contributed by atoms with Crippen LogP contribution in [0, 0.1) is 0 Å². The Labute approximate surface area is 285 Å². The topological polar surface area (TPSA) is 134 Å². The van der Waals surface area contributed by atoms with Gasteiger partial charge in [-0.1, -0.05) is 24.3 Å². The van der Waals surface area contributed by atoms with Gasteiger partial charge < -0.3 is 19.4 Å². The highest BCUT2D eigenvalue weighted by Crippen LogP contribution is 2.36. The summed E-state index contributed by atoms with van der Waals surface area (Å²) in [6, 6.07) is 14.0. The molecule has 7 rings (SSSR count). The van der Waals surface area contributed by atoms with Crippen LogP contribution in [-0.2, 0) is 9.47 Å². The lowest BCUT2D eigenvalue weighted by Crippen LogP contribution is -2.36. The minimum Gasteiger partial charge on any atom is -0.444 e. The van der Waals surface area contributed by atoms with Gasteiger partial charge in [0.2, 0.25) is 0 Å². The predicted octanol–water partition coefficient (Wildman–Crippen LogP) is 7.95. The molecule has 3 aromatic heterocycles. The van der Waals surface area contributed by atoms with Crippen LogP contribution in [0.4, 0.5) is 9.59 Å². The highest BCUT2D eigenvalue weighted by Gasteiger charge is 2.36. The Morgan fingerprint density at radius 2 is 1.29 bits per heavy atom. The average molecular weight is 665 g/mol. The Morgan fingerprint density at radius 1 is 0.735 bits per heavy atom. The van der Waals surface area contributed by atoms with Crippen molar-refractivity contribution < 1.29 is 19.1 Å². The largest absolute Gasteiger partial charge is 0.444 e. The molecule has 12 heteroatoms. The Balaban J connectivity index is 1.09. The zero-order valence-electron chi connectivity index (χ0n) is 29.0. The van der Waals surface area contributed by atoms with E-state index >= 15 is 0 Å². The molecule has 0 saturated carbocycles. The molecule has 0 spiro atoms. The summed E-state index contributed by atoms with van der Waals surface area (Å²) in [6.45, 7) is 12.6. The summed E-state index contributed by atoms with van der Waals surface area (Å²) in [5, 5.41) is 0. The molecule has 0 aliphatic carbocycles. The van der Waals surface area contributed by atoms with Crippen molar-refractivity contribution in [2.24, 2.45) is 0 Å². The van der Waals surface area contributed by atoms with Gasteiger partial charge in [0.1, 0.15) is 29.2 Å². The van der Waals surface area contributed by atoms with E-state index in [1.54, 1.807) is 9.80 Å². The van der Waals surface area contributed by atoms with Crippen molar-refractivity contribution in [3.8, 4) is 28.2 Å². The number of carbonyl (C=O) groups is 2. The second-order valence-electron chi connectivity index (χ2n) is 14.9. The van der Waals surface area contributed by atoms with Gasteiger partial charge in [0.25, 0.3) is 0 Å². The number of rotatable bonds is 5. The molecule has 12 nitrogen and oxygen atoms in total. The third-order valence-corrected chi connectivity index (χ3v) is 8.91. The van der Waals surface area contributed by atoms with E-state index in [4.69, 9.17) is 19.4 Å². The van der Waals surface area contributed by atoms with Crippen LogP contribution in [0.3, 0.4) is 0 Å². The first-order valence-corrected chi connectivity index (χ1v) is 17.0. The predicted molar refractivity (Wildman–Crippen MR) is 186 cm³/mol. The molecular formula is C37H44N8O4. The lowest BCUT2D eigenvalue weighted by molar-refractivity contribution is 0.0208. The zero-order chi connectivity index (χ0) is 34.5. The van der Waals surface area contributed by atoms with E-state index in [9.17, 15) is 9.59 Å². The first kappa shape index (κ1) is 32.4. The van der Waals surface area contributed by atoms with Gasteiger partial charge in [-0.05, 0) is 91.0 Å². The van der Waals surface area contributed by atoms with Crippen molar-refractivity contribution in [3.05, 3.63) is 72.8 Å². The summed E-state index contributed by atoms with van der Waals surface area (Å²) in [4.78, 5) is 50.3. The second-order valence-corrected chi connectivity index (χ2v) is 14.9. The number of para-hydroxylation sites is 1. The smallest absolute Gasteiger partial charge is 0.410 e. The van der Waals surface area contributed by atoms with E-state index in [1.807, 2.05) is 72.4 Å². The van der Waals surface area contributed by atoms with Crippen molar-refractivity contribution in [1.29, 1.82) is 0 Å². The van der Waals surface area contributed by atoms with E-state index < -0.39 is 11.2 Å². The highest BCUT2D eigenvalue weighted by molar-refractivity contribution is 5.92. The SMILES string of the molecule is CC(C)(C)OC(=O)N1CCC[C@H]1c1ncc(-c2ccc(-n3cnc4c(-c5cnc([C@@H]6CCCN6C(=O)OC(C)(C)C)[nH]5)cccc43)cc2)[nH]1. The highest BCUT2D eigenvalue weighted by atomic mass is 16.6. The maximum absolute atomic E-state index is 12.9. The van der Waals surface area contributed by atoms with Crippen molar-refractivity contribution >= 4 is 23.2 Å². The molecule has 0 unspecified atom stereocenters. The lowest BCUT2D eigenvalue weighted by atomic mass is 10.1. The normalized spacial score (nSPS) is 18.4. The quantitative estimate of drug-likeness (QED) is 0.195. The van der Waals surface area contributed by atoms with Crippen LogP contribution in [0.2, 0.25) is 0 Å². The number of likely N-dealkylation sites (tertiary alicyclic amines) is 2. The Morgan fingerprint density at radius 3 is 1.86 bits per heavy atom. The summed E-state index contributed by atoms with van der Waals surface area (Å²) in [7, 11) is 0. The molecule has 2 aliphatic heterocycles. The molecule has 2 saturated heterocycles. The van der Waals surface area contributed by atoms with Crippen molar-refractivity contribution in [1.82, 2.24) is 39.3 Å². The summed E-state index contributed by atoms with van der Waals surface area (Å²) in [5.74, 6) is 1.51. The van der Waals surface area contributed by atoms with Gasteiger partial charge in [-0.25, -0.2) is 24.5 Å². The summed E-state index contributed by atoms with van der Waals surface area (Å²) in [6.07, 6.45) is 8.33. The minimum atomic E-state index is -0.557. The van der Waals surface area contributed by atoms with E-state index in [2.05, 4.69) is 49.9 Å². The molecule has 2 amide bonds. The summed E-state index contributed by atoms with van der Waals surface area (Å²) < 4.78 is 13.4. The van der Waals surface area contributed by atoms with Crippen LogP contribution in [0.15, 0.2) is 61.2 Å². The molecule has 2 aliphatic rings. The zero-order valence-corrected chi connectivity index (χ0v) is 29.0. The second kappa shape index (κ2) is 12.4. The van der Waals surface area contributed by atoms with Gasteiger partial charge in [-0.2, -0.15) is 0 Å². The number of imidazole rings is 3. The van der Waals surface area contributed by atoms with Gasteiger partial charge in [0.15, 0.2) is 0 Å². The van der Waals surface area contributed by atoms with E-state index in [0.29, 0.717) is 13.1 Å². The third kappa shape index (κ3) is 6.64. The number of hydrogen-bond acceptors (Lipinski definition) is 7. The van der Waals surface area contributed by atoms with Crippen molar-refractivity contribution in [2.75, 3.05) is 13.1 Å². The van der Waals surface area contributed by atoms with Crippen LogP contribution < -0.4 is 0 Å². The first-order valence-electron chi connectivity index (χ1n) is 17.0. The minimum absolute atomic E-state index is 0.137. The molecular weight excluding hydrogens is 620 g/mol. The molecule has 2 N–H and O–H groups in total. The molecule has 2 atom stereocenters. The van der Waals surface area contributed by atoms with Gasteiger partial charge in [-0.3, -0.25) is 14.4 Å². The average Bonchev–Trinajstić information content (AvgIpc) is 3.87. The fourth-order valence-corrected chi connectivity index (χ4v) is 6.74. The van der Waals surface area contributed by atoms with Crippen LogP contribution >= 0.6 is 0 Å². The standard InChI is InChI=1S/C37H44N8O4/c1-36(2,3)48-34(46)43-18-8-12-29(43)32-38-20-26(41-32)23-14-16-24(17-15-23)45-22-40-31-25(10-7-11-28(31)45)27-21-39-33(42-27)30-13-9-19-44(30)35(47)49-37(4,5)6/h7,10-11,14-17,20-22,29-30H,8-9,12-13,18-19H2,1-6H3,(H,38,41)(H,39,42)/t29-,30-/m0/s1. The Kier molecular flexibility index (Phi) is 8.20. The molecule has 2 fully saturated rings. The first-order chi connectivity index (χ1) is 23.3. The van der Waals surface area contributed by atoms with Crippen LogP contribution in [0.1, 0.15) is 91.0 Å². The van der Waals surface area contributed by atoms with E-state index in [0.717, 1.165) is 76.6 Å². The van der Waals surface area contributed by atoms with Gasteiger partial charge in [-0.15, -0.1) is 0 Å². The summed E-state index contributed by atoms with van der Waals surface area (Å²) in [5.41, 5.74) is 5.34. The molecule has 49 heavy (non-hydrogen) atoms. The Bertz CT molecular complexity index is 1980. The van der Waals surface area contributed by atoms with E-state index in [1.165, 1.54) is 0 Å². The molecule has 5 aromatic rings. The lowest BCUT2D eigenvalue weighted by Gasteiger charge is -2.27. The van der Waals surface area contributed by atoms with Crippen LogP contribution in [0.5, 0.6) is 0 Å². The number of nitrogens with zero attached hydrogens (tertiary/aromatic N) is 6. The molecule has 0 bridgehead atoms. The monoisotopic (exact) mass is 664 g/mol. The maximum atomic E-state index is 12.9. The van der Waals surface area contributed by atoms with Gasteiger partial charge in [0, 0.05) is 24.3 Å².